The maximum Gasteiger partial charge on any atom is 0.0115 e. The molecule has 0 aromatic carbocycles. The Labute approximate surface area is 114 Å². The summed E-state index contributed by atoms with van der Waals surface area (Å²) in [7, 11) is 0. The topological polar surface area (TPSA) is 6.48 Å². The number of piperidine rings is 2. The van der Waals surface area contributed by atoms with E-state index < -0.39 is 0 Å². The van der Waals surface area contributed by atoms with Gasteiger partial charge in [0.1, 0.15) is 0 Å². The van der Waals surface area contributed by atoms with Crippen molar-refractivity contribution in [1.82, 2.24) is 9.80 Å². The van der Waals surface area contributed by atoms with Gasteiger partial charge in [-0.1, -0.05) is 12.8 Å². The normalized spacial score (nSPS) is 40.0. The zero-order valence-electron chi connectivity index (χ0n) is 12.9. The third-order valence-corrected chi connectivity index (χ3v) is 5.37. The molecule has 4 atom stereocenters. The average molecular weight is 252 g/mol. The van der Waals surface area contributed by atoms with E-state index in [0.717, 1.165) is 24.2 Å². The van der Waals surface area contributed by atoms with E-state index in [9.17, 15) is 0 Å². The highest BCUT2D eigenvalue weighted by Gasteiger charge is 2.28. The summed E-state index contributed by atoms with van der Waals surface area (Å²) in [4.78, 5) is 5.50. The molecule has 0 N–H and O–H groups in total. The molecule has 0 aromatic heterocycles. The van der Waals surface area contributed by atoms with Gasteiger partial charge in [0.25, 0.3) is 0 Å². The molecule has 2 heteroatoms. The lowest BCUT2D eigenvalue weighted by molar-refractivity contribution is 0.0509. The third-order valence-electron chi connectivity index (χ3n) is 5.37. The Kier molecular flexibility index (Phi) is 5.08. The summed E-state index contributed by atoms with van der Waals surface area (Å²) < 4.78 is 0. The molecule has 0 unspecified atom stereocenters. The van der Waals surface area contributed by atoms with Crippen molar-refractivity contribution in [2.75, 3.05) is 13.1 Å². The van der Waals surface area contributed by atoms with Gasteiger partial charge < -0.3 is 0 Å². The molecular weight excluding hydrogens is 220 g/mol. The van der Waals surface area contributed by atoms with Gasteiger partial charge in [-0.05, 0) is 53.4 Å². The molecule has 2 heterocycles. The summed E-state index contributed by atoms with van der Waals surface area (Å²) in [6.07, 6.45) is 8.44. The van der Waals surface area contributed by atoms with Gasteiger partial charge in [0.05, 0.1) is 0 Å². The highest BCUT2D eigenvalue weighted by Crippen LogP contribution is 2.25. The number of hydrogen-bond donors (Lipinski definition) is 0. The standard InChI is InChI=1S/C16H32N2/c1-13-7-5-8-14(2)17(13)11-12-18-15(3)9-6-10-16(18)4/h13-16H,5-12H2,1-4H3/t13-,14+,15-,16+. The minimum Gasteiger partial charge on any atom is -0.297 e. The molecule has 0 amide bonds. The maximum atomic E-state index is 2.75. The van der Waals surface area contributed by atoms with Crippen LogP contribution in [0.1, 0.15) is 66.2 Å². The van der Waals surface area contributed by atoms with Crippen molar-refractivity contribution >= 4 is 0 Å². The molecule has 2 nitrogen and oxygen atoms in total. The van der Waals surface area contributed by atoms with Crippen LogP contribution in [0.25, 0.3) is 0 Å². The number of nitrogens with zero attached hydrogens (tertiary/aromatic N) is 2. The smallest absolute Gasteiger partial charge is 0.0115 e. The average Bonchev–Trinajstić information content (AvgIpc) is 2.31. The van der Waals surface area contributed by atoms with Gasteiger partial charge in [0.2, 0.25) is 0 Å². The van der Waals surface area contributed by atoms with E-state index >= 15 is 0 Å². The Morgan fingerprint density at radius 3 is 1.17 bits per heavy atom. The van der Waals surface area contributed by atoms with E-state index in [0.29, 0.717) is 0 Å². The van der Waals surface area contributed by atoms with E-state index in [2.05, 4.69) is 37.5 Å². The maximum absolute atomic E-state index is 2.75. The molecule has 0 aliphatic carbocycles. The number of rotatable bonds is 3. The molecule has 0 radical (unpaired) electrons. The van der Waals surface area contributed by atoms with E-state index in [1.54, 1.807) is 0 Å². The van der Waals surface area contributed by atoms with Gasteiger partial charge in [-0.15, -0.1) is 0 Å². The van der Waals surface area contributed by atoms with Gasteiger partial charge in [-0.25, -0.2) is 0 Å². The minimum absolute atomic E-state index is 0.796. The Balaban J connectivity index is 1.85. The van der Waals surface area contributed by atoms with E-state index in [1.165, 1.54) is 51.6 Å². The second-order valence-electron chi connectivity index (χ2n) is 6.73. The van der Waals surface area contributed by atoms with Crippen LogP contribution in [0.2, 0.25) is 0 Å². The third kappa shape index (κ3) is 3.27. The number of likely N-dealkylation sites (tertiary alicyclic amines) is 2. The summed E-state index contributed by atoms with van der Waals surface area (Å²) in [5.41, 5.74) is 0. The largest absolute Gasteiger partial charge is 0.297 e. The van der Waals surface area contributed by atoms with Crippen LogP contribution in [0.15, 0.2) is 0 Å². The van der Waals surface area contributed by atoms with E-state index in [1.807, 2.05) is 0 Å². The highest BCUT2D eigenvalue weighted by atomic mass is 15.3. The van der Waals surface area contributed by atoms with Gasteiger partial charge in [0, 0.05) is 37.3 Å². The van der Waals surface area contributed by atoms with Crippen molar-refractivity contribution in [2.45, 2.75) is 90.4 Å². The van der Waals surface area contributed by atoms with Crippen LogP contribution in [0.3, 0.4) is 0 Å². The fourth-order valence-corrected chi connectivity index (χ4v) is 4.06. The van der Waals surface area contributed by atoms with Crippen molar-refractivity contribution < 1.29 is 0 Å². The van der Waals surface area contributed by atoms with Crippen molar-refractivity contribution in [2.24, 2.45) is 0 Å². The monoisotopic (exact) mass is 252 g/mol. The van der Waals surface area contributed by atoms with Crippen molar-refractivity contribution in [1.29, 1.82) is 0 Å². The Bertz CT molecular complexity index is 207. The van der Waals surface area contributed by atoms with Crippen LogP contribution in [0, 0.1) is 0 Å². The molecule has 106 valence electrons. The first-order valence-corrected chi connectivity index (χ1v) is 8.11. The lowest BCUT2D eigenvalue weighted by atomic mass is 9.96. The van der Waals surface area contributed by atoms with Crippen molar-refractivity contribution in [3.63, 3.8) is 0 Å². The summed E-state index contributed by atoms with van der Waals surface area (Å²) >= 11 is 0. The molecule has 2 aliphatic rings. The second kappa shape index (κ2) is 6.38. The Morgan fingerprint density at radius 2 is 0.889 bits per heavy atom. The molecule has 18 heavy (non-hydrogen) atoms. The highest BCUT2D eigenvalue weighted by molar-refractivity contribution is 4.84. The molecule has 2 aliphatic heterocycles. The summed E-state index contributed by atoms with van der Waals surface area (Å²) in [6.45, 7) is 12.2. The lowest BCUT2D eigenvalue weighted by Gasteiger charge is -2.43. The molecule has 0 spiro atoms. The molecule has 2 fully saturated rings. The Morgan fingerprint density at radius 1 is 0.611 bits per heavy atom. The van der Waals surface area contributed by atoms with Crippen LogP contribution in [0.4, 0.5) is 0 Å². The fourth-order valence-electron chi connectivity index (χ4n) is 4.06. The first kappa shape index (κ1) is 14.3. The quantitative estimate of drug-likeness (QED) is 0.758. The Hall–Kier alpha value is -0.0800. The molecule has 2 rings (SSSR count). The van der Waals surface area contributed by atoms with Crippen molar-refractivity contribution in [3.8, 4) is 0 Å². The second-order valence-corrected chi connectivity index (χ2v) is 6.73. The van der Waals surface area contributed by atoms with Crippen LogP contribution in [-0.2, 0) is 0 Å². The predicted octanol–water partition coefficient (Wildman–Crippen LogP) is 3.51. The summed E-state index contributed by atoms with van der Waals surface area (Å²) in [5.74, 6) is 0. The van der Waals surface area contributed by atoms with Crippen LogP contribution in [-0.4, -0.2) is 47.1 Å². The van der Waals surface area contributed by atoms with Gasteiger partial charge in [-0.3, -0.25) is 9.80 Å². The molecule has 0 aromatic rings. The molecular formula is C16H32N2. The fraction of sp³-hybridized carbons (Fsp3) is 1.00. The minimum atomic E-state index is 0.796. The van der Waals surface area contributed by atoms with Crippen LogP contribution < -0.4 is 0 Å². The first-order chi connectivity index (χ1) is 8.59. The van der Waals surface area contributed by atoms with Crippen molar-refractivity contribution in [3.05, 3.63) is 0 Å². The van der Waals surface area contributed by atoms with E-state index in [4.69, 9.17) is 0 Å². The first-order valence-electron chi connectivity index (χ1n) is 8.11. The van der Waals surface area contributed by atoms with Crippen LogP contribution in [0.5, 0.6) is 0 Å². The zero-order chi connectivity index (χ0) is 13.1. The van der Waals surface area contributed by atoms with Crippen LogP contribution >= 0.6 is 0 Å². The molecule has 2 saturated heterocycles. The lowest BCUT2D eigenvalue weighted by Crippen LogP contribution is -2.51. The van der Waals surface area contributed by atoms with E-state index in [-0.39, 0.29) is 0 Å². The summed E-state index contributed by atoms with van der Waals surface area (Å²) in [5, 5.41) is 0. The van der Waals surface area contributed by atoms with Gasteiger partial charge in [-0.2, -0.15) is 0 Å². The van der Waals surface area contributed by atoms with Gasteiger partial charge >= 0.3 is 0 Å². The molecule has 0 bridgehead atoms. The molecule has 0 saturated carbocycles. The SMILES string of the molecule is C[C@@H]1CCC[C@H](C)N1CCN1[C@H](C)CCC[C@@H]1C. The summed E-state index contributed by atoms with van der Waals surface area (Å²) in [6, 6.07) is 3.18. The number of hydrogen-bond acceptors (Lipinski definition) is 2. The zero-order valence-corrected chi connectivity index (χ0v) is 12.9. The van der Waals surface area contributed by atoms with Gasteiger partial charge in [0.15, 0.2) is 0 Å². The predicted molar refractivity (Wildman–Crippen MR) is 79.0 cm³/mol.